The third-order valence-electron chi connectivity index (χ3n) is 4.15. The first kappa shape index (κ1) is 17.7. The van der Waals surface area contributed by atoms with Crippen LogP contribution in [0.2, 0.25) is 0 Å². The van der Waals surface area contributed by atoms with Crippen molar-refractivity contribution in [2.45, 2.75) is 24.7 Å². The highest BCUT2D eigenvalue weighted by molar-refractivity contribution is 7.99. The number of amides is 1. The lowest BCUT2D eigenvalue weighted by Gasteiger charge is -2.32. The van der Waals surface area contributed by atoms with E-state index in [0.29, 0.717) is 19.4 Å². The van der Waals surface area contributed by atoms with Crippen LogP contribution < -0.4 is 10.1 Å². The average molecular weight is 337 g/mol. The van der Waals surface area contributed by atoms with Gasteiger partial charge in [0.1, 0.15) is 5.75 Å². The topological polar surface area (TPSA) is 75.6 Å². The predicted octanol–water partition coefficient (Wildman–Crippen LogP) is 2.65. The van der Waals surface area contributed by atoms with Crippen LogP contribution in [0.4, 0.5) is 0 Å². The van der Waals surface area contributed by atoms with Gasteiger partial charge in [-0.3, -0.25) is 9.59 Å². The third-order valence-corrected chi connectivity index (χ3v) is 5.53. The number of benzene rings is 1. The Hall–Kier alpha value is -1.69. The lowest BCUT2D eigenvalue weighted by atomic mass is 9.73. The van der Waals surface area contributed by atoms with Gasteiger partial charge in [0, 0.05) is 17.2 Å². The number of carbonyl (C=O) groups excluding carboxylic acids is 1. The van der Waals surface area contributed by atoms with Gasteiger partial charge in [0.2, 0.25) is 5.91 Å². The summed E-state index contributed by atoms with van der Waals surface area (Å²) >= 11 is 1.69. The van der Waals surface area contributed by atoms with Crippen molar-refractivity contribution >= 4 is 23.6 Å². The molecule has 5 nitrogen and oxygen atoms in total. The van der Waals surface area contributed by atoms with E-state index in [-0.39, 0.29) is 17.7 Å². The average Bonchev–Trinajstić information content (AvgIpc) is 2.49. The zero-order chi connectivity index (χ0) is 16.8. The van der Waals surface area contributed by atoms with Crippen LogP contribution in [0.5, 0.6) is 5.75 Å². The summed E-state index contributed by atoms with van der Waals surface area (Å²) in [4.78, 5) is 24.1. The second-order valence-corrected chi connectivity index (χ2v) is 7.00. The Morgan fingerprint density at radius 2 is 2.04 bits per heavy atom. The summed E-state index contributed by atoms with van der Waals surface area (Å²) in [6, 6.07) is 7.85. The maximum Gasteiger partial charge on any atom is 0.307 e. The third kappa shape index (κ3) is 4.64. The number of hydrogen-bond donors (Lipinski definition) is 2. The van der Waals surface area contributed by atoms with Gasteiger partial charge in [-0.15, -0.1) is 11.8 Å². The molecular formula is C17H23NO4S. The van der Waals surface area contributed by atoms with Crippen molar-refractivity contribution in [2.75, 3.05) is 19.4 Å². The second-order valence-electron chi connectivity index (χ2n) is 5.94. The lowest BCUT2D eigenvalue weighted by Crippen LogP contribution is -2.45. The molecule has 0 radical (unpaired) electrons. The molecule has 6 heteroatoms. The van der Waals surface area contributed by atoms with Crippen LogP contribution in [0.25, 0.3) is 0 Å². The minimum absolute atomic E-state index is 0.127. The standard InChI is InChI=1S/C17H23NO4S/c1-11(10-23-15-6-4-3-5-14(15)22-2)9-18-16(19)12-7-8-13(12)17(20)21/h3-6,11-13H,7-10H2,1-2H3,(H,18,19)(H,20,21). The van der Waals surface area contributed by atoms with Crippen molar-refractivity contribution in [2.24, 2.45) is 17.8 Å². The monoisotopic (exact) mass is 337 g/mol. The predicted molar refractivity (Wildman–Crippen MR) is 89.7 cm³/mol. The quantitative estimate of drug-likeness (QED) is 0.713. The van der Waals surface area contributed by atoms with Gasteiger partial charge in [0.25, 0.3) is 0 Å². The molecule has 0 aromatic heterocycles. The van der Waals surface area contributed by atoms with Gasteiger partial charge in [0.05, 0.1) is 18.9 Å². The summed E-state index contributed by atoms with van der Waals surface area (Å²) in [7, 11) is 1.65. The van der Waals surface area contributed by atoms with Gasteiger partial charge in [-0.05, 0) is 30.9 Å². The highest BCUT2D eigenvalue weighted by Gasteiger charge is 2.41. The lowest BCUT2D eigenvalue weighted by molar-refractivity contribution is -0.152. The molecule has 0 bridgehead atoms. The van der Waals surface area contributed by atoms with Crippen LogP contribution in [0, 0.1) is 17.8 Å². The Labute approximate surface area is 140 Å². The van der Waals surface area contributed by atoms with Gasteiger partial charge >= 0.3 is 5.97 Å². The van der Waals surface area contributed by atoms with E-state index in [1.807, 2.05) is 24.3 Å². The molecule has 0 saturated heterocycles. The molecule has 3 atom stereocenters. The largest absolute Gasteiger partial charge is 0.496 e. The number of hydrogen-bond acceptors (Lipinski definition) is 4. The number of methoxy groups -OCH3 is 1. The molecule has 3 unspecified atom stereocenters. The van der Waals surface area contributed by atoms with Gasteiger partial charge < -0.3 is 15.2 Å². The molecule has 1 fully saturated rings. The summed E-state index contributed by atoms with van der Waals surface area (Å²) in [6.45, 7) is 2.63. The molecule has 23 heavy (non-hydrogen) atoms. The molecule has 0 spiro atoms. The van der Waals surface area contributed by atoms with Gasteiger partial charge in [-0.2, -0.15) is 0 Å². The van der Waals surface area contributed by atoms with Gasteiger partial charge in [-0.25, -0.2) is 0 Å². The molecule has 2 rings (SSSR count). The first-order chi connectivity index (χ1) is 11.0. The molecule has 126 valence electrons. The Kier molecular flexibility index (Phi) is 6.33. The van der Waals surface area contributed by atoms with E-state index >= 15 is 0 Å². The van der Waals surface area contributed by atoms with E-state index in [0.717, 1.165) is 16.4 Å². The number of ether oxygens (including phenoxy) is 1. The zero-order valence-electron chi connectivity index (χ0n) is 13.5. The van der Waals surface area contributed by atoms with Crippen molar-refractivity contribution in [3.8, 4) is 5.75 Å². The van der Waals surface area contributed by atoms with Crippen molar-refractivity contribution in [1.82, 2.24) is 5.32 Å². The molecular weight excluding hydrogens is 314 g/mol. The van der Waals surface area contributed by atoms with E-state index in [2.05, 4.69) is 12.2 Å². The van der Waals surface area contributed by atoms with Crippen molar-refractivity contribution in [1.29, 1.82) is 0 Å². The maximum atomic E-state index is 12.0. The van der Waals surface area contributed by atoms with E-state index in [1.165, 1.54) is 0 Å². The molecule has 1 aromatic carbocycles. The Morgan fingerprint density at radius 3 is 2.65 bits per heavy atom. The normalized spacial score (nSPS) is 21.1. The summed E-state index contributed by atoms with van der Waals surface area (Å²) in [5.74, 6) is 0.141. The molecule has 1 amide bonds. The van der Waals surface area contributed by atoms with Crippen molar-refractivity contribution < 1.29 is 19.4 Å². The fraction of sp³-hybridized carbons (Fsp3) is 0.529. The summed E-state index contributed by atoms with van der Waals surface area (Å²) in [5, 5.41) is 11.9. The molecule has 0 heterocycles. The van der Waals surface area contributed by atoms with Crippen LogP contribution in [0.1, 0.15) is 19.8 Å². The number of carboxylic acids is 1. The van der Waals surface area contributed by atoms with Crippen LogP contribution >= 0.6 is 11.8 Å². The van der Waals surface area contributed by atoms with Crippen LogP contribution in [0.15, 0.2) is 29.2 Å². The van der Waals surface area contributed by atoms with Crippen LogP contribution in [-0.2, 0) is 9.59 Å². The minimum Gasteiger partial charge on any atom is -0.496 e. The van der Waals surface area contributed by atoms with Gasteiger partial charge in [-0.1, -0.05) is 19.1 Å². The van der Waals surface area contributed by atoms with Crippen LogP contribution in [-0.4, -0.2) is 36.4 Å². The first-order valence-corrected chi connectivity index (χ1v) is 8.77. The number of carbonyl (C=O) groups is 2. The maximum absolute atomic E-state index is 12.0. The molecule has 1 saturated carbocycles. The summed E-state index contributed by atoms with van der Waals surface area (Å²) < 4.78 is 5.32. The number of thioether (sulfide) groups is 1. The SMILES string of the molecule is COc1ccccc1SCC(C)CNC(=O)C1CCC1C(=O)O. The van der Waals surface area contributed by atoms with Gasteiger partial charge in [0.15, 0.2) is 0 Å². The Morgan fingerprint density at radius 1 is 1.35 bits per heavy atom. The number of carboxylic acid groups (broad SMARTS) is 1. The molecule has 1 aromatic rings. The molecule has 1 aliphatic carbocycles. The Bertz CT molecular complexity index is 563. The number of para-hydroxylation sites is 1. The molecule has 1 aliphatic rings. The van der Waals surface area contributed by atoms with Crippen LogP contribution in [0.3, 0.4) is 0 Å². The molecule has 2 N–H and O–H groups in total. The molecule has 0 aliphatic heterocycles. The van der Waals surface area contributed by atoms with Crippen molar-refractivity contribution in [3.63, 3.8) is 0 Å². The summed E-state index contributed by atoms with van der Waals surface area (Å²) in [5.41, 5.74) is 0. The second kappa shape index (κ2) is 8.24. The number of aliphatic carboxylic acids is 1. The zero-order valence-corrected chi connectivity index (χ0v) is 14.3. The van der Waals surface area contributed by atoms with E-state index in [4.69, 9.17) is 9.84 Å². The van der Waals surface area contributed by atoms with E-state index < -0.39 is 11.9 Å². The van der Waals surface area contributed by atoms with E-state index in [9.17, 15) is 9.59 Å². The van der Waals surface area contributed by atoms with E-state index in [1.54, 1.807) is 18.9 Å². The number of nitrogens with one attached hydrogen (secondary N) is 1. The number of rotatable bonds is 8. The minimum atomic E-state index is -0.865. The highest BCUT2D eigenvalue weighted by atomic mass is 32.2. The Balaban J connectivity index is 1.74. The highest BCUT2D eigenvalue weighted by Crippen LogP contribution is 2.34. The van der Waals surface area contributed by atoms with Crippen molar-refractivity contribution in [3.05, 3.63) is 24.3 Å². The summed E-state index contributed by atoms with van der Waals surface area (Å²) in [6.07, 6.45) is 1.28. The smallest absolute Gasteiger partial charge is 0.307 e. The first-order valence-electron chi connectivity index (χ1n) is 7.79. The fourth-order valence-electron chi connectivity index (χ4n) is 2.54. The fourth-order valence-corrected chi connectivity index (χ4v) is 3.59.